The number of nitrogens with one attached hydrogen (secondary N) is 1. The fourth-order valence-corrected chi connectivity index (χ4v) is 11.2. The largest absolute Gasteiger partial charge is 0.454 e. The minimum atomic E-state index is -1.62. The summed E-state index contributed by atoms with van der Waals surface area (Å²) < 4.78 is 17.7. The van der Waals surface area contributed by atoms with Crippen LogP contribution in [0, 0.1) is 0 Å². The molecule has 11 nitrogen and oxygen atoms in total. The Bertz CT molecular complexity index is 1620. The molecule has 0 bridgehead atoms. The van der Waals surface area contributed by atoms with Crippen molar-refractivity contribution in [3.63, 3.8) is 0 Å². The average Bonchev–Trinajstić information content (AvgIpc) is 3.12. The van der Waals surface area contributed by atoms with Gasteiger partial charge in [-0.1, -0.05) is 319 Å². The number of amides is 1. The van der Waals surface area contributed by atoms with Crippen LogP contribution in [0.3, 0.4) is 0 Å². The molecule has 0 radical (unpaired) electrons. The van der Waals surface area contributed by atoms with E-state index in [-0.39, 0.29) is 19.4 Å². The highest BCUT2D eigenvalue weighted by Crippen LogP contribution is 2.26. The van der Waals surface area contributed by atoms with E-state index < -0.39 is 67.4 Å². The molecule has 0 aromatic carbocycles. The zero-order chi connectivity index (χ0) is 61.7. The number of hydrogen-bond donors (Lipinski definition) is 6. The number of hydrogen-bond acceptors (Lipinski definition) is 10. The Balaban J connectivity index is 2.60. The first-order valence-corrected chi connectivity index (χ1v) is 36.1. The third-order valence-electron chi connectivity index (χ3n) is 16.9. The zero-order valence-corrected chi connectivity index (χ0v) is 55.2. The molecule has 1 amide bonds. The van der Waals surface area contributed by atoms with Crippen LogP contribution in [0.2, 0.25) is 0 Å². The molecule has 0 saturated carbocycles. The monoisotopic (exact) mass is 1200 g/mol. The normalized spacial score (nSPS) is 18.7. The molecule has 1 aliphatic rings. The van der Waals surface area contributed by atoms with E-state index in [0.717, 1.165) is 83.5 Å². The molecule has 1 rings (SSSR count). The summed E-state index contributed by atoms with van der Waals surface area (Å²) in [6, 6.07) is -1.04. The number of aliphatic hydroxyl groups excluding tert-OH is 5. The fraction of sp³-hybridized carbons (Fsp3) is 0.838. The number of unbranched alkanes of at least 4 members (excludes halogenated alkanes) is 40. The van der Waals surface area contributed by atoms with E-state index in [2.05, 4.69) is 74.7 Å². The molecule has 1 saturated heterocycles. The van der Waals surface area contributed by atoms with Crippen molar-refractivity contribution < 1.29 is 49.3 Å². The maximum absolute atomic E-state index is 13.5. The molecule has 1 fully saturated rings. The van der Waals surface area contributed by atoms with Crippen molar-refractivity contribution in [2.45, 2.75) is 384 Å². The molecule has 496 valence electrons. The van der Waals surface area contributed by atoms with E-state index in [1.165, 1.54) is 205 Å². The van der Waals surface area contributed by atoms with Gasteiger partial charge in [0.2, 0.25) is 5.91 Å². The van der Waals surface area contributed by atoms with Crippen molar-refractivity contribution in [1.82, 2.24) is 5.32 Å². The minimum Gasteiger partial charge on any atom is -0.454 e. The van der Waals surface area contributed by atoms with E-state index in [1.807, 2.05) is 6.08 Å². The zero-order valence-electron chi connectivity index (χ0n) is 55.2. The standard InChI is InChI=1S/C74H135NO10/c1-4-7-10-13-16-19-22-25-27-29-31-33-34-35-37-39-41-44-47-50-53-56-59-62-69(79)85-72-71(81)70(80)68(63-76)84-74(72)83-64-65(66(77)60-57-54-51-48-45-42-24-21-18-15-12-9-6-3)75-73(82)67(78)61-58-55-52-49-46-43-40-38-36-32-30-28-26-23-20-17-14-11-8-5-2/h17,20,26,28,32,36,40,43,57,60,65-68,70-72,74,76-78,80-81H,4-16,18-19,21-25,27,29-31,33-35,37-39,41-42,44-56,58-59,61-64H2,1-3H3,(H,75,82)/b20-17-,28-26-,36-32-,43-40-,60-57+. The number of ether oxygens (including phenoxy) is 3. The predicted molar refractivity (Wildman–Crippen MR) is 356 cm³/mol. The number of esters is 1. The van der Waals surface area contributed by atoms with Crippen LogP contribution in [0.4, 0.5) is 0 Å². The molecule has 85 heavy (non-hydrogen) atoms. The Morgan fingerprint density at radius 1 is 0.459 bits per heavy atom. The van der Waals surface area contributed by atoms with Gasteiger partial charge in [-0.15, -0.1) is 0 Å². The van der Waals surface area contributed by atoms with Crippen LogP contribution in [-0.4, -0.2) is 99.6 Å². The summed E-state index contributed by atoms with van der Waals surface area (Å²) in [5.41, 5.74) is 0. The molecule has 8 atom stereocenters. The van der Waals surface area contributed by atoms with Crippen LogP contribution in [0.15, 0.2) is 60.8 Å². The predicted octanol–water partition coefficient (Wildman–Crippen LogP) is 18.5. The van der Waals surface area contributed by atoms with Crippen LogP contribution < -0.4 is 5.32 Å². The first-order valence-electron chi connectivity index (χ1n) is 36.1. The summed E-state index contributed by atoms with van der Waals surface area (Å²) in [6.45, 7) is 5.80. The van der Waals surface area contributed by atoms with Gasteiger partial charge in [-0.3, -0.25) is 9.59 Å². The molecule has 6 N–H and O–H groups in total. The molecule has 0 aromatic rings. The van der Waals surface area contributed by atoms with Gasteiger partial charge in [0, 0.05) is 6.42 Å². The van der Waals surface area contributed by atoms with Gasteiger partial charge >= 0.3 is 5.97 Å². The van der Waals surface area contributed by atoms with E-state index in [0.29, 0.717) is 12.8 Å². The molecule has 1 heterocycles. The van der Waals surface area contributed by atoms with Gasteiger partial charge in [0.1, 0.15) is 24.4 Å². The lowest BCUT2D eigenvalue weighted by Gasteiger charge is -2.41. The molecule has 1 aliphatic heterocycles. The minimum absolute atomic E-state index is 0.124. The van der Waals surface area contributed by atoms with E-state index >= 15 is 0 Å². The van der Waals surface area contributed by atoms with Crippen LogP contribution in [0.5, 0.6) is 0 Å². The van der Waals surface area contributed by atoms with Crippen molar-refractivity contribution in [3.05, 3.63) is 60.8 Å². The number of aliphatic hydroxyl groups is 5. The molecular formula is C74H135NO10. The van der Waals surface area contributed by atoms with Crippen molar-refractivity contribution >= 4 is 11.9 Å². The lowest BCUT2D eigenvalue weighted by Crippen LogP contribution is -2.61. The van der Waals surface area contributed by atoms with Gasteiger partial charge < -0.3 is 45.1 Å². The average molecular weight is 1200 g/mol. The smallest absolute Gasteiger partial charge is 0.306 e. The van der Waals surface area contributed by atoms with Crippen LogP contribution >= 0.6 is 0 Å². The van der Waals surface area contributed by atoms with Gasteiger partial charge in [0.15, 0.2) is 12.4 Å². The summed E-state index contributed by atoms with van der Waals surface area (Å²) >= 11 is 0. The highest BCUT2D eigenvalue weighted by Gasteiger charge is 2.47. The summed E-state index contributed by atoms with van der Waals surface area (Å²) in [6.07, 6.45) is 68.3. The molecule has 8 unspecified atom stereocenters. The highest BCUT2D eigenvalue weighted by atomic mass is 16.7. The summed E-state index contributed by atoms with van der Waals surface area (Å²) in [5.74, 6) is -1.20. The van der Waals surface area contributed by atoms with Crippen LogP contribution in [0.1, 0.15) is 335 Å². The van der Waals surface area contributed by atoms with Gasteiger partial charge in [-0.05, 0) is 70.6 Å². The number of allylic oxidation sites excluding steroid dienone is 9. The van der Waals surface area contributed by atoms with Crippen molar-refractivity contribution in [1.29, 1.82) is 0 Å². The fourth-order valence-electron chi connectivity index (χ4n) is 11.2. The van der Waals surface area contributed by atoms with E-state index in [1.54, 1.807) is 6.08 Å². The molecule has 0 aliphatic carbocycles. The quantitative estimate of drug-likeness (QED) is 0.0195. The molecule has 11 heteroatoms. The maximum Gasteiger partial charge on any atom is 0.306 e. The van der Waals surface area contributed by atoms with Crippen molar-refractivity contribution in [3.8, 4) is 0 Å². The van der Waals surface area contributed by atoms with Crippen LogP contribution in [0.25, 0.3) is 0 Å². The lowest BCUT2D eigenvalue weighted by molar-refractivity contribution is -0.305. The number of rotatable bonds is 62. The third kappa shape index (κ3) is 48.9. The molecular weight excluding hydrogens is 1060 g/mol. The number of carbonyl (C=O) groups is 2. The maximum atomic E-state index is 13.5. The van der Waals surface area contributed by atoms with Crippen LogP contribution in [-0.2, 0) is 23.8 Å². The SMILES string of the molecule is CCCCC/C=C\C/C=C\C/C=C\C/C=C\CCCCCCC(O)C(=O)NC(COC1OC(CO)C(O)C(O)C1OC(=O)CCCCCCCCCCCCCCCCCCCCCCCCC)C(O)/C=C/CCCCCCCCCCCCC. The van der Waals surface area contributed by atoms with Gasteiger partial charge in [0.05, 0.1) is 25.4 Å². The highest BCUT2D eigenvalue weighted by molar-refractivity contribution is 5.80. The van der Waals surface area contributed by atoms with Crippen molar-refractivity contribution in [2.75, 3.05) is 13.2 Å². The van der Waals surface area contributed by atoms with E-state index in [4.69, 9.17) is 14.2 Å². The first-order chi connectivity index (χ1) is 41.7. The Labute approximate surface area is 522 Å². The molecule has 0 spiro atoms. The van der Waals surface area contributed by atoms with Gasteiger partial charge in [-0.25, -0.2) is 0 Å². The second-order valence-electron chi connectivity index (χ2n) is 25.0. The summed E-state index contributed by atoms with van der Waals surface area (Å²) in [7, 11) is 0. The molecule has 0 aromatic heterocycles. The van der Waals surface area contributed by atoms with Gasteiger partial charge in [0.25, 0.3) is 0 Å². The topological polar surface area (TPSA) is 175 Å². The van der Waals surface area contributed by atoms with Crippen molar-refractivity contribution in [2.24, 2.45) is 0 Å². The van der Waals surface area contributed by atoms with Gasteiger partial charge in [-0.2, -0.15) is 0 Å². The second-order valence-corrected chi connectivity index (χ2v) is 25.0. The summed E-state index contributed by atoms with van der Waals surface area (Å²) in [4.78, 5) is 26.7. The number of carbonyl (C=O) groups excluding carboxylic acids is 2. The van der Waals surface area contributed by atoms with E-state index in [9.17, 15) is 35.1 Å². The Kier molecular flexibility index (Phi) is 58.2. The third-order valence-corrected chi connectivity index (χ3v) is 16.9. The first kappa shape index (κ1) is 80.4. The summed E-state index contributed by atoms with van der Waals surface area (Å²) in [5, 5.41) is 57.3. The Hall–Kier alpha value is -2.64. The Morgan fingerprint density at radius 2 is 0.812 bits per heavy atom. The Morgan fingerprint density at radius 3 is 1.24 bits per heavy atom. The second kappa shape index (κ2) is 61.6. The lowest BCUT2D eigenvalue weighted by atomic mass is 9.99.